The molecule has 0 bridgehead atoms. The lowest BCUT2D eigenvalue weighted by Crippen LogP contribution is -2.26. The smallest absolute Gasteiger partial charge is 0.259 e. The van der Waals surface area contributed by atoms with E-state index in [1.54, 1.807) is 12.1 Å². The van der Waals surface area contributed by atoms with Crippen molar-refractivity contribution in [2.75, 3.05) is 0 Å². The highest BCUT2D eigenvalue weighted by molar-refractivity contribution is 6.19. The maximum Gasteiger partial charge on any atom is 0.259 e. The highest BCUT2D eigenvalue weighted by atomic mass is 16.1. The van der Waals surface area contributed by atoms with Gasteiger partial charge >= 0.3 is 0 Å². The number of rotatable bonds is 5. The second kappa shape index (κ2) is 9.19. The van der Waals surface area contributed by atoms with Crippen LogP contribution < -0.4 is 5.56 Å². The Morgan fingerprint density at radius 1 is 0.743 bits per heavy atom. The van der Waals surface area contributed by atoms with E-state index < -0.39 is 0 Å². The van der Waals surface area contributed by atoms with E-state index in [0.717, 1.165) is 33.2 Å². The summed E-state index contributed by atoms with van der Waals surface area (Å²) in [6.45, 7) is 6.71. The van der Waals surface area contributed by atoms with Crippen molar-refractivity contribution in [2.45, 2.75) is 27.3 Å². The largest absolute Gasteiger partial charge is 0.303 e. The van der Waals surface area contributed by atoms with Crippen molar-refractivity contribution in [3.05, 3.63) is 141 Å². The van der Waals surface area contributed by atoms with Crippen molar-refractivity contribution in [3.8, 4) is 11.1 Å². The van der Waals surface area contributed by atoms with Crippen LogP contribution in [0.15, 0.2) is 102 Å². The molecule has 3 nitrogen and oxygen atoms in total. The van der Waals surface area contributed by atoms with E-state index in [4.69, 9.17) is 0 Å². The maximum atomic E-state index is 14.2. The number of nitrogens with zero attached hydrogens (tertiary/aromatic N) is 1. The quantitative estimate of drug-likeness (QED) is 0.270. The molecule has 5 rings (SSSR count). The van der Waals surface area contributed by atoms with E-state index in [1.165, 1.54) is 5.56 Å². The first kappa shape index (κ1) is 22.5. The number of fused-ring (bicyclic) bond motifs is 1. The summed E-state index contributed by atoms with van der Waals surface area (Å²) in [5.74, 6) is -0.146. The molecule has 0 radical (unpaired) electrons. The van der Waals surface area contributed by atoms with Crippen LogP contribution in [0.3, 0.4) is 0 Å². The Kier molecular flexibility index (Phi) is 5.92. The summed E-state index contributed by atoms with van der Waals surface area (Å²) in [4.78, 5) is 28.1. The summed E-state index contributed by atoms with van der Waals surface area (Å²) >= 11 is 0. The van der Waals surface area contributed by atoms with Gasteiger partial charge in [-0.05, 0) is 49.1 Å². The molecule has 0 fully saturated rings. The molecule has 0 unspecified atom stereocenters. The summed E-state index contributed by atoms with van der Waals surface area (Å²) in [7, 11) is 0. The van der Waals surface area contributed by atoms with Gasteiger partial charge in [0.25, 0.3) is 5.56 Å². The van der Waals surface area contributed by atoms with Gasteiger partial charge in [0.2, 0.25) is 0 Å². The lowest BCUT2D eigenvalue weighted by atomic mass is 9.91. The Morgan fingerprint density at radius 2 is 1.31 bits per heavy atom. The minimum absolute atomic E-state index is 0.146. The summed E-state index contributed by atoms with van der Waals surface area (Å²) < 4.78 is 1.82. The van der Waals surface area contributed by atoms with Crippen LogP contribution >= 0.6 is 0 Å². The first-order valence-electron chi connectivity index (χ1n) is 11.8. The number of hydrogen-bond acceptors (Lipinski definition) is 2. The predicted molar refractivity (Wildman–Crippen MR) is 143 cm³/mol. The normalized spacial score (nSPS) is 11.1. The minimum Gasteiger partial charge on any atom is -0.303 e. The molecule has 35 heavy (non-hydrogen) atoms. The van der Waals surface area contributed by atoms with Crippen LogP contribution in [0, 0.1) is 20.8 Å². The fourth-order valence-electron chi connectivity index (χ4n) is 5.02. The molecule has 0 saturated carbocycles. The van der Waals surface area contributed by atoms with Gasteiger partial charge in [0.05, 0.1) is 17.6 Å². The first-order chi connectivity index (χ1) is 17.0. The molecule has 0 N–H and O–H groups in total. The molecular weight excluding hydrogens is 430 g/mol. The van der Waals surface area contributed by atoms with E-state index in [-0.39, 0.29) is 11.3 Å². The minimum atomic E-state index is -0.159. The van der Waals surface area contributed by atoms with E-state index in [9.17, 15) is 9.59 Å². The molecule has 172 valence electrons. The van der Waals surface area contributed by atoms with E-state index >= 15 is 0 Å². The molecule has 0 spiro atoms. The summed E-state index contributed by atoms with van der Waals surface area (Å²) in [6.07, 6.45) is 0. The fourth-order valence-corrected chi connectivity index (χ4v) is 5.02. The molecule has 0 saturated heterocycles. The zero-order valence-corrected chi connectivity index (χ0v) is 20.2. The van der Waals surface area contributed by atoms with Crippen LogP contribution in [0.5, 0.6) is 0 Å². The third kappa shape index (κ3) is 4.10. The van der Waals surface area contributed by atoms with Crippen molar-refractivity contribution >= 4 is 16.7 Å². The molecule has 1 aromatic heterocycles. The number of benzene rings is 4. The van der Waals surface area contributed by atoms with Gasteiger partial charge in [-0.25, -0.2) is 0 Å². The van der Waals surface area contributed by atoms with E-state index in [1.807, 2.05) is 77.4 Å². The van der Waals surface area contributed by atoms with Crippen LogP contribution in [-0.2, 0) is 6.54 Å². The average Bonchev–Trinajstić information content (AvgIpc) is 2.87. The standard InChI is InChI=1S/C32H27NO2/c1-21-18-22(2)27(23(3)19-21)20-33-28-17-11-10-16-26(28)30(31(34)25-14-8-5-9-15-25)29(32(33)35)24-12-6-4-7-13-24/h4-19H,20H2,1-3H3. The summed E-state index contributed by atoms with van der Waals surface area (Å²) in [5, 5.41) is 0.780. The first-order valence-corrected chi connectivity index (χ1v) is 11.8. The fraction of sp³-hybridized carbons (Fsp3) is 0.125. The van der Waals surface area contributed by atoms with Crippen molar-refractivity contribution in [1.29, 1.82) is 0 Å². The van der Waals surface area contributed by atoms with Crippen molar-refractivity contribution in [3.63, 3.8) is 0 Å². The van der Waals surface area contributed by atoms with Gasteiger partial charge in [-0.3, -0.25) is 9.59 Å². The Morgan fingerprint density at radius 3 is 1.97 bits per heavy atom. The van der Waals surface area contributed by atoms with Crippen LogP contribution in [0.4, 0.5) is 0 Å². The number of carbonyl (C=O) groups is 1. The molecule has 0 aliphatic rings. The van der Waals surface area contributed by atoms with Crippen LogP contribution in [0.25, 0.3) is 22.0 Å². The van der Waals surface area contributed by atoms with Gasteiger partial charge in [-0.2, -0.15) is 0 Å². The van der Waals surface area contributed by atoms with Crippen molar-refractivity contribution in [1.82, 2.24) is 4.57 Å². The Hall–Kier alpha value is -4.24. The number of ketones is 1. The zero-order chi connectivity index (χ0) is 24.5. The molecule has 1 heterocycles. The summed E-state index contributed by atoms with van der Waals surface area (Å²) in [6, 6.07) is 30.8. The summed E-state index contributed by atoms with van der Waals surface area (Å²) in [5.41, 5.74) is 7.46. The molecule has 5 aromatic rings. The molecule has 0 atom stereocenters. The van der Waals surface area contributed by atoms with E-state index in [2.05, 4.69) is 32.9 Å². The zero-order valence-electron chi connectivity index (χ0n) is 20.2. The molecular formula is C32H27NO2. The average molecular weight is 458 g/mol. The topological polar surface area (TPSA) is 39.1 Å². The monoisotopic (exact) mass is 457 g/mol. The molecule has 0 aliphatic heterocycles. The maximum absolute atomic E-state index is 14.2. The predicted octanol–water partition coefficient (Wildman–Crippen LogP) is 6.87. The van der Waals surface area contributed by atoms with E-state index in [0.29, 0.717) is 23.2 Å². The lowest BCUT2D eigenvalue weighted by molar-refractivity contribution is 0.104. The Labute approximate surface area is 205 Å². The number of aromatic nitrogens is 1. The number of pyridine rings is 1. The highest BCUT2D eigenvalue weighted by Gasteiger charge is 2.24. The number of carbonyl (C=O) groups excluding carboxylic acids is 1. The van der Waals surface area contributed by atoms with Gasteiger partial charge in [0, 0.05) is 16.5 Å². The third-order valence-electron chi connectivity index (χ3n) is 6.66. The van der Waals surface area contributed by atoms with Crippen molar-refractivity contribution in [2.24, 2.45) is 0 Å². The Balaban J connectivity index is 1.86. The number of aryl methyl sites for hydroxylation is 3. The van der Waals surface area contributed by atoms with Crippen LogP contribution in [0.1, 0.15) is 38.2 Å². The second-order valence-electron chi connectivity index (χ2n) is 9.10. The Bertz CT molecular complexity index is 1590. The lowest BCUT2D eigenvalue weighted by Gasteiger charge is -2.20. The number of para-hydroxylation sites is 1. The van der Waals surface area contributed by atoms with Gasteiger partial charge < -0.3 is 4.57 Å². The van der Waals surface area contributed by atoms with Crippen molar-refractivity contribution < 1.29 is 4.79 Å². The molecule has 3 heteroatoms. The molecule has 0 amide bonds. The number of hydrogen-bond donors (Lipinski definition) is 0. The highest BCUT2D eigenvalue weighted by Crippen LogP contribution is 2.30. The second-order valence-corrected chi connectivity index (χ2v) is 9.10. The molecule has 4 aromatic carbocycles. The van der Waals surface area contributed by atoms with Gasteiger partial charge in [0.15, 0.2) is 5.78 Å². The van der Waals surface area contributed by atoms with Gasteiger partial charge in [0.1, 0.15) is 0 Å². The van der Waals surface area contributed by atoms with Gasteiger partial charge in [-0.1, -0.05) is 96.6 Å². The van der Waals surface area contributed by atoms with Crippen LogP contribution in [0.2, 0.25) is 0 Å². The SMILES string of the molecule is Cc1cc(C)c(Cn2c(=O)c(-c3ccccc3)c(C(=O)c3ccccc3)c3ccccc32)c(C)c1. The van der Waals surface area contributed by atoms with Gasteiger partial charge in [-0.15, -0.1) is 0 Å². The third-order valence-corrected chi connectivity index (χ3v) is 6.66. The van der Waals surface area contributed by atoms with Crippen LogP contribution in [-0.4, -0.2) is 10.4 Å². The molecule has 0 aliphatic carbocycles.